The zero-order chi connectivity index (χ0) is 16.9. The second-order valence-corrected chi connectivity index (χ2v) is 7.18. The molecule has 2 fully saturated rings. The van der Waals surface area contributed by atoms with Crippen LogP contribution in [0, 0.1) is 5.92 Å². The van der Waals surface area contributed by atoms with Gasteiger partial charge in [0.1, 0.15) is 0 Å². The third-order valence-corrected chi connectivity index (χ3v) is 5.15. The first-order valence-electron chi connectivity index (χ1n) is 9.17. The maximum atomic E-state index is 12.5. The van der Waals surface area contributed by atoms with Gasteiger partial charge in [0.2, 0.25) is 5.91 Å². The minimum Gasteiger partial charge on any atom is -0.393 e. The van der Waals surface area contributed by atoms with Gasteiger partial charge in [-0.3, -0.25) is 4.79 Å². The number of likely N-dealkylation sites (tertiary alicyclic amines) is 1. The Morgan fingerprint density at radius 1 is 1.21 bits per heavy atom. The van der Waals surface area contributed by atoms with E-state index < -0.39 is 0 Å². The van der Waals surface area contributed by atoms with Gasteiger partial charge in [0.15, 0.2) is 0 Å². The number of piperidine rings is 2. The van der Waals surface area contributed by atoms with E-state index in [-0.39, 0.29) is 12.0 Å². The first-order chi connectivity index (χ1) is 11.6. The molecule has 5 heteroatoms. The monoisotopic (exact) mass is 331 g/mol. The molecule has 0 radical (unpaired) electrons. The number of benzene rings is 1. The minimum atomic E-state index is -0.177. The minimum absolute atomic E-state index is 0.177. The van der Waals surface area contributed by atoms with Crippen LogP contribution in [0.3, 0.4) is 0 Å². The molecule has 1 atom stereocenters. The first kappa shape index (κ1) is 17.1. The molecule has 0 saturated carbocycles. The van der Waals surface area contributed by atoms with E-state index in [4.69, 9.17) is 0 Å². The molecule has 2 N–H and O–H groups in total. The van der Waals surface area contributed by atoms with Crippen LogP contribution in [0.2, 0.25) is 0 Å². The Bertz CT molecular complexity index is 555. The molecule has 0 spiro atoms. The molecule has 5 nitrogen and oxygen atoms in total. The van der Waals surface area contributed by atoms with Crippen LogP contribution in [0.15, 0.2) is 24.3 Å². The topological polar surface area (TPSA) is 55.8 Å². The number of hydrogen-bond donors (Lipinski definition) is 2. The van der Waals surface area contributed by atoms with E-state index in [0.717, 1.165) is 56.8 Å². The summed E-state index contributed by atoms with van der Waals surface area (Å²) < 4.78 is 0. The molecule has 1 amide bonds. The average Bonchev–Trinajstić information content (AvgIpc) is 2.61. The summed E-state index contributed by atoms with van der Waals surface area (Å²) in [4.78, 5) is 16.7. The Kier molecular flexibility index (Phi) is 5.61. The fourth-order valence-electron chi connectivity index (χ4n) is 3.70. The number of para-hydroxylation sites is 2. The molecule has 0 aliphatic carbocycles. The van der Waals surface area contributed by atoms with E-state index in [0.29, 0.717) is 12.5 Å². The van der Waals surface area contributed by atoms with E-state index in [2.05, 4.69) is 23.2 Å². The van der Waals surface area contributed by atoms with Gasteiger partial charge in [0.25, 0.3) is 0 Å². The lowest BCUT2D eigenvalue weighted by Gasteiger charge is -2.33. The van der Waals surface area contributed by atoms with E-state index in [1.54, 1.807) is 0 Å². The van der Waals surface area contributed by atoms with Gasteiger partial charge in [-0.05, 0) is 43.7 Å². The number of nitrogens with zero attached hydrogens (tertiary/aromatic N) is 2. The van der Waals surface area contributed by atoms with Crippen LogP contribution < -0.4 is 10.2 Å². The number of hydrogen-bond acceptors (Lipinski definition) is 4. The number of amides is 1. The van der Waals surface area contributed by atoms with E-state index in [9.17, 15) is 9.90 Å². The van der Waals surface area contributed by atoms with Crippen molar-refractivity contribution in [1.82, 2.24) is 4.90 Å². The summed E-state index contributed by atoms with van der Waals surface area (Å²) in [5.74, 6) is 0.792. The number of carbonyl (C=O) groups is 1. The summed E-state index contributed by atoms with van der Waals surface area (Å²) in [6, 6.07) is 8.15. The Labute approximate surface area is 144 Å². The number of aliphatic hydroxyl groups excluding tert-OH is 1. The predicted octanol–water partition coefficient (Wildman–Crippen LogP) is 2.32. The summed E-state index contributed by atoms with van der Waals surface area (Å²) in [6.45, 7) is 6.05. The lowest BCUT2D eigenvalue weighted by Crippen LogP contribution is -2.42. The SMILES string of the molecule is CC1CCCN(C(=O)CNc2ccccc2N2CCC(O)CC2)C1. The molecule has 2 aliphatic rings. The third-order valence-electron chi connectivity index (χ3n) is 5.15. The highest BCUT2D eigenvalue weighted by atomic mass is 16.3. The number of anilines is 2. The van der Waals surface area contributed by atoms with Crippen molar-refractivity contribution in [2.75, 3.05) is 42.9 Å². The third kappa shape index (κ3) is 4.20. The quantitative estimate of drug-likeness (QED) is 0.889. The van der Waals surface area contributed by atoms with Crippen LogP contribution in [0.4, 0.5) is 11.4 Å². The smallest absolute Gasteiger partial charge is 0.241 e. The molecule has 2 aliphatic heterocycles. The van der Waals surface area contributed by atoms with Gasteiger partial charge in [-0.1, -0.05) is 19.1 Å². The van der Waals surface area contributed by atoms with Gasteiger partial charge in [-0.25, -0.2) is 0 Å². The largest absolute Gasteiger partial charge is 0.393 e. The van der Waals surface area contributed by atoms with Gasteiger partial charge in [0.05, 0.1) is 24.0 Å². The fraction of sp³-hybridized carbons (Fsp3) is 0.632. The van der Waals surface area contributed by atoms with Crippen LogP contribution in [0.1, 0.15) is 32.6 Å². The van der Waals surface area contributed by atoms with Crippen molar-refractivity contribution in [2.24, 2.45) is 5.92 Å². The molecule has 2 heterocycles. The molecule has 1 aromatic carbocycles. The number of rotatable bonds is 4. The van der Waals surface area contributed by atoms with Crippen molar-refractivity contribution in [3.05, 3.63) is 24.3 Å². The molecule has 132 valence electrons. The van der Waals surface area contributed by atoms with Gasteiger partial charge in [-0.2, -0.15) is 0 Å². The molecule has 1 unspecified atom stereocenters. The van der Waals surface area contributed by atoms with Crippen molar-refractivity contribution >= 4 is 17.3 Å². The van der Waals surface area contributed by atoms with Crippen LogP contribution in [-0.2, 0) is 4.79 Å². The number of aliphatic hydroxyl groups is 1. The van der Waals surface area contributed by atoms with Crippen molar-refractivity contribution < 1.29 is 9.90 Å². The summed E-state index contributed by atoms with van der Waals surface area (Å²) in [5.41, 5.74) is 2.14. The highest BCUT2D eigenvalue weighted by Crippen LogP contribution is 2.28. The van der Waals surface area contributed by atoms with Gasteiger partial charge in [-0.15, -0.1) is 0 Å². The highest BCUT2D eigenvalue weighted by Gasteiger charge is 2.22. The Balaban J connectivity index is 1.60. The van der Waals surface area contributed by atoms with Crippen molar-refractivity contribution in [2.45, 2.75) is 38.7 Å². The predicted molar refractivity (Wildman–Crippen MR) is 97.4 cm³/mol. The molecule has 3 rings (SSSR count). The molecule has 0 bridgehead atoms. The van der Waals surface area contributed by atoms with Crippen molar-refractivity contribution in [1.29, 1.82) is 0 Å². The first-order valence-corrected chi connectivity index (χ1v) is 9.17. The molecule has 0 aromatic heterocycles. The zero-order valence-electron chi connectivity index (χ0n) is 14.6. The van der Waals surface area contributed by atoms with Crippen LogP contribution in [0.5, 0.6) is 0 Å². The van der Waals surface area contributed by atoms with Crippen LogP contribution >= 0.6 is 0 Å². The molecular formula is C19H29N3O2. The van der Waals surface area contributed by atoms with Gasteiger partial charge >= 0.3 is 0 Å². The Morgan fingerprint density at radius 2 is 1.96 bits per heavy atom. The van der Waals surface area contributed by atoms with Crippen molar-refractivity contribution in [3.8, 4) is 0 Å². The standard InChI is InChI=1S/C19H29N3O2/c1-15-5-4-10-22(14-15)19(24)13-20-17-6-2-3-7-18(17)21-11-8-16(23)9-12-21/h2-3,6-7,15-16,20,23H,4-5,8-14H2,1H3. The summed E-state index contributed by atoms with van der Waals surface area (Å²) in [7, 11) is 0. The lowest BCUT2D eigenvalue weighted by atomic mass is 10.0. The summed E-state index contributed by atoms with van der Waals surface area (Å²) >= 11 is 0. The van der Waals surface area contributed by atoms with E-state index in [1.807, 2.05) is 23.1 Å². The Morgan fingerprint density at radius 3 is 2.71 bits per heavy atom. The number of carbonyl (C=O) groups excluding carboxylic acids is 1. The maximum absolute atomic E-state index is 12.5. The second kappa shape index (κ2) is 7.88. The second-order valence-electron chi connectivity index (χ2n) is 7.18. The van der Waals surface area contributed by atoms with Crippen molar-refractivity contribution in [3.63, 3.8) is 0 Å². The average molecular weight is 331 g/mol. The summed E-state index contributed by atoms with van der Waals surface area (Å²) in [6.07, 6.45) is 3.77. The normalized spacial score (nSPS) is 22.5. The zero-order valence-corrected chi connectivity index (χ0v) is 14.6. The van der Waals surface area contributed by atoms with Crippen LogP contribution in [-0.4, -0.2) is 54.7 Å². The van der Waals surface area contributed by atoms with Gasteiger partial charge < -0.3 is 20.2 Å². The van der Waals surface area contributed by atoms with E-state index >= 15 is 0 Å². The Hall–Kier alpha value is -1.75. The summed E-state index contributed by atoms with van der Waals surface area (Å²) in [5, 5.41) is 13.0. The van der Waals surface area contributed by atoms with Gasteiger partial charge in [0, 0.05) is 26.2 Å². The number of nitrogens with one attached hydrogen (secondary N) is 1. The van der Waals surface area contributed by atoms with E-state index in [1.165, 1.54) is 6.42 Å². The molecule has 24 heavy (non-hydrogen) atoms. The maximum Gasteiger partial charge on any atom is 0.241 e. The lowest BCUT2D eigenvalue weighted by molar-refractivity contribution is -0.130. The highest BCUT2D eigenvalue weighted by molar-refractivity contribution is 5.83. The molecule has 2 saturated heterocycles. The van der Waals surface area contributed by atoms with Crippen LogP contribution in [0.25, 0.3) is 0 Å². The fourth-order valence-corrected chi connectivity index (χ4v) is 3.70. The molecule has 1 aromatic rings. The molecular weight excluding hydrogens is 302 g/mol.